The Kier molecular flexibility index (Phi) is 3.60. The second kappa shape index (κ2) is 5.01. The minimum atomic E-state index is -0.0392. The molecule has 0 bridgehead atoms. The number of benzene rings is 1. The van der Waals surface area contributed by atoms with Crippen LogP contribution in [-0.2, 0) is 6.42 Å². The number of likely N-dealkylation sites (N-methyl/N-ethyl adjacent to an activating group) is 1. The highest BCUT2D eigenvalue weighted by Crippen LogP contribution is 2.25. The largest absolute Gasteiger partial charge is 0.325 e. The molecule has 1 aliphatic heterocycles. The molecule has 0 atom stereocenters. The minimum Gasteiger partial charge on any atom is -0.325 e. The van der Waals surface area contributed by atoms with Gasteiger partial charge in [-0.2, -0.15) is 0 Å². The third-order valence-corrected chi connectivity index (χ3v) is 3.60. The Morgan fingerprint density at radius 3 is 2.44 bits per heavy atom. The van der Waals surface area contributed by atoms with Crippen molar-refractivity contribution in [1.82, 2.24) is 9.80 Å². The van der Waals surface area contributed by atoms with Gasteiger partial charge in [0.25, 0.3) is 0 Å². The van der Waals surface area contributed by atoms with Gasteiger partial charge in [-0.1, -0.05) is 30.3 Å². The quantitative estimate of drug-likeness (QED) is 0.801. The molecule has 0 aliphatic carbocycles. The normalized spacial score (nSPS) is 18.5. The number of hydrogen-bond acceptors (Lipinski definition) is 1. The van der Waals surface area contributed by atoms with Crippen molar-refractivity contribution in [2.24, 2.45) is 0 Å². The summed E-state index contributed by atoms with van der Waals surface area (Å²) < 4.78 is 0. The van der Waals surface area contributed by atoms with E-state index in [-0.39, 0.29) is 11.6 Å². The van der Waals surface area contributed by atoms with E-state index >= 15 is 0 Å². The van der Waals surface area contributed by atoms with Crippen LogP contribution in [0.25, 0.3) is 0 Å². The smallest absolute Gasteiger partial charge is 0.320 e. The number of carbonyl (C=O) groups excluding carboxylic acids is 1. The summed E-state index contributed by atoms with van der Waals surface area (Å²) in [6.07, 6.45) is 2.05. The van der Waals surface area contributed by atoms with Crippen LogP contribution in [0, 0.1) is 0 Å². The first-order chi connectivity index (χ1) is 8.50. The molecule has 0 spiro atoms. The fourth-order valence-corrected chi connectivity index (χ4v) is 2.68. The highest BCUT2D eigenvalue weighted by molar-refractivity contribution is 5.77. The van der Waals surface area contributed by atoms with E-state index in [0.29, 0.717) is 0 Å². The zero-order valence-electron chi connectivity index (χ0n) is 11.5. The highest BCUT2D eigenvalue weighted by atomic mass is 16.2. The van der Waals surface area contributed by atoms with Crippen molar-refractivity contribution in [3.8, 4) is 0 Å². The van der Waals surface area contributed by atoms with E-state index in [1.165, 1.54) is 5.56 Å². The van der Waals surface area contributed by atoms with Crippen LogP contribution in [0.4, 0.5) is 4.79 Å². The van der Waals surface area contributed by atoms with E-state index < -0.39 is 0 Å². The number of aryl methyl sites for hydroxylation is 1. The molecule has 1 aromatic rings. The molecule has 0 aromatic heterocycles. The highest BCUT2D eigenvalue weighted by Gasteiger charge is 2.40. The number of nitrogens with zero attached hydrogens (tertiary/aromatic N) is 2. The van der Waals surface area contributed by atoms with E-state index in [1.807, 2.05) is 22.9 Å². The van der Waals surface area contributed by atoms with Gasteiger partial charge in [-0.25, -0.2) is 4.79 Å². The minimum absolute atomic E-state index is 0.0392. The molecule has 0 radical (unpaired) electrons. The molecule has 1 aromatic carbocycles. The van der Waals surface area contributed by atoms with Crippen LogP contribution in [-0.4, -0.2) is 41.5 Å². The predicted octanol–water partition coefficient (Wildman–Crippen LogP) is 2.77. The molecule has 0 N–H and O–H groups in total. The second-order valence-corrected chi connectivity index (χ2v) is 5.69. The number of hydrogen-bond donors (Lipinski definition) is 0. The summed E-state index contributed by atoms with van der Waals surface area (Å²) in [7, 11) is 1.88. The van der Waals surface area contributed by atoms with Crippen LogP contribution >= 0.6 is 0 Å². The zero-order chi connectivity index (χ0) is 13.2. The summed E-state index contributed by atoms with van der Waals surface area (Å²) in [5.74, 6) is 0. The maximum atomic E-state index is 12.0. The molecule has 2 rings (SSSR count). The molecule has 0 unspecified atom stereocenters. The molecule has 3 nitrogen and oxygen atoms in total. The number of carbonyl (C=O) groups is 1. The fraction of sp³-hybridized carbons (Fsp3) is 0.533. The SMILES string of the molecule is CN1CC(C)(C)N(CCCc2ccccc2)C1=O. The van der Waals surface area contributed by atoms with Crippen molar-refractivity contribution >= 4 is 6.03 Å². The molecule has 0 saturated carbocycles. The van der Waals surface area contributed by atoms with Crippen molar-refractivity contribution in [2.45, 2.75) is 32.2 Å². The Morgan fingerprint density at radius 2 is 1.89 bits per heavy atom. The van der Waals surface area contributed by atoms with Gasteiger partial charge in [0.15, 0.2) is 0 Å². The lowest BCUT2D eigenvalue weighted by Crippen LogP contribution is -2.42. The van der Waals surface area contributed by atoms with Gasteiger partial charge < -0.3 is 9.80 Å². The first kappa shape index (κ1) is 12.9. The first-order valence-electron chi connectivity index (χ1n) is 6.57. The maximum Gasteiger partial charge on any atom is 0.320 e. The average Bonchev–Trinajstić information content (AvgIpc) is 2.52. The summed E-state index contributed by atoms with van der Waals surface area (Å²) in [6, 6.07) is 10.6. The summed E-state index contributed by atoms with van der Waals surface area (Å²) in [5, 5.41) is 0. The van der Waals surface area contributed by atoms with Crippen molar-refractivity contribution in [3.63, 3.8) is 0 Å². The lowest BCUT2D eigenvalue weighted by atomic mass is 10.0. The summed E-state index contributed by atoms with van der Waals surface area (Å²) >= 11 is 0. The van der Waals surface area contributed by atoms with E-state index in [9.17, 15) is 4.79 Å². The Balaban J connectivity index is 1.88. The number of urea groups is 1. The van der Waals surface area contributed by atoms with Gasteiger partial charge in [0.2, 0.25) is 0 Å². The Labute approximate surface area is 109 Å². The van der Waals surface area contributed by atoms with E-state index in [1.54, 1.807) is 0 Å². The number of amides is 2. The van der Waals surface area contributed by atoms with Gasteiger partial charge >= 0.3 is 6.03 Å². The second-order valence-electron chi connectivity index (χ2n) is 5.69. The van der Waals surface area contributed by atoms with E-state index in [2.05, 4.69) is 38.1 Å². The Bertz CT molecular complexity index is 414. The van der Waals surface area contributed by atoms with Crippen molar-refractivity contribution < 1.29 is 4.79 Å². The Morgan fingerprint density at radius 1 is 1.22 bits per heavy atom. The third kappa shape index (κ3) is 2.66. The average molecular weight is 246 g/mol. The molecular weight excluding hydrogens is 224 g/mol. The van der Waals surface area contributed by atoms with Crippen LogP contribution in [0.3, 0.4) is 0 Å². The van der Waals surface area contributed by atoms with Gasteiger partial charge in [-0.3, -0.25) is 0 Å². The monoisotopic (exact) mass is 246 g/mol. The molecule has 1 aliphatic rings. The maximum absolute atomic E-state index is 12.0. The van der Waals surface area contributed by atoms with Gasteiger partial charge in [-0.15, -0.1) is 0 Å². The molecule has 98 valence electrons. The molecule has 1 fully saturated rings. The van der Waals surface area contributed by atoms with Gasteiger partial charge in [0.05, 0.1) is 5.54 Å². The van der Waals surface area contributed by atoms with Crippen molar-refractivity contribution in [2.75, 3.05) is 20.1 Å². The molecule has 1 heterocycles. The van der Waals surface area contributed by atoms with Gasteiger partial charge in [0.1, 0.15) is 0 Å². The van der Waals surface area contributed by atoms with Crippen LogP contribution in [0.1, 0.15) is 25.8 Å². The van der Waals surface area contributed by atoms with E-state index in [0.717, 1.165) is 25.9 Å². The summed E-state index contributed by atoms with van der Waals surface area (Å²) in [5.41, 5.74) is 1.30. The molecule has 1 saturated heterocycles. The van der Waals surface area contributed by atoms with Gasteiger partial charge in [0, 0.05) is 20.1 Å². The van der Waals surface area contributed by atoms with Gasteiger partial charge in [-0.05, 0) is 32.3 Å². The molecule has 18 heavy (non-hydrogen) atoms. The lowest BCUT2D eigenvalue weighted by molar-refractivity contribution is 0.172. The van der Waals surface area contributed by atoms with Crippen LogP contribution in [0.15, 0.2) is 30.3 Å². The lowest BCUT2D eigenvalue weighted by Gasteiger charge is -2.29. The van der Waals surface area contributed by atoms with E-state index in [4.69, 9.17) is 0 Å². The van der Waals surface area contributed by atoms with Crippen molar-refractivity contribution in [1.29, 1.82) is 0 Å². The van der Waals surface area contributed by atoms with Crippen LogP contribution < -0.4 is 0 Å². The summed E-state index contributed by atoms with van der Waals surface area (Å²) in [6.45, 7) is 5.93. The summed E-state index contributed by atoms with van der Waals surface area (Å²) in [4.78, 5) is 15.8. The first-order valence-corrected chi connectivity index (χ1v) is 6.57. The molecule has 3 heteroatoms. The molecule has 2 amide bonds. The Hall–Kier alpha value is -1.51. The van der Waals surface area contributed by atoms with Crippen LogP contribution in [0.5, 0.6) is 0 Å². The molecular formula is C15H22N2O. The zero-order valence-corrected chi connectivity index (χ0v) is 11.5. The number of rotatable bonds is 4. The van der Waals surface area contributed by atoms with Crippen molar-refractivity contribution in [3.05, 3.63) is 35.9 Å². The standard InChI is InChI=1S/C15H22N2O/c1-15(2)12-16(3)14(18)17(15)11-7-10-13-8-5-4-6-9-13/h4-6,8-9H,7,10-12H2,1-3H3. The predicted molar refractivity (Wildman–Crippen MR) is 73.6 cm³/mol. The third-order valence-electron chi connectivity index (χ3n) is 3.60. The van der Waals surface area contributed by atoms with Crippen LogP contribution in [0.2, 0.25) is 0 Å². The fourth-order valence-electron chi connectivity index (χ4n) is 2.68. The topological polar surface area (TPSA) is 23.6 Å².